The SMILES string of the molecule is CC/C=C(/CCCCC)Sc1ccccc1. The molecule has 0 N–H and O–H groups in total. The van der Waals surface area contributed by atoms with Crippen LogP contribution in [0.1, 0.15) is 46.0 Å². The number of allylic oxidation sites excluding steroid dienone is 2. The lowest BCUT2D eigenvalue weighted by Crippen LogP contribution is -1.81. The molecule has 0 fully saturated rings. The number of hydrogen-bond donors (Lipinski definition) is 0. The zero-order valence-corrected chi connectivity index (χ0v) is 11.2. The topological polar surface area (TPSA) is 0 Å². The largest absolute Gasteiger partial charge is 0.0949 e. The first-order valence-corrected chi connectivity index (χ1v) is 7.10. The van der Waals surface area contributed by atoms with E-state index in [1.54, 1.807) is 0 Å². The monoisotopic (exact) mass is 234 g/mol. The lowest BCUT2D eigenvalue weighted by atomic mass is 10.2. The van der Waals surface area contributed by atoms with E-state index in [2.05, 4.69) is 50.3 Å². The van der Waals surface area contributed by atoms with Crippen molar-refractivity contribution in [2.75, 3.05) is 0 Å². The third kappa shape index (κ3) is 5.41. The normalized spacial score (nSPS) is 11.8. The van der Waals surface area contributed by atoms with Gasteiger partial charge in [-0.1, -0.05) is 62.7 Å². The van der Waals surface area contributed by atoms with Crippen LogP contribution in [0.4, 0.5) is 0 Å². The van der Waals surface area contributed by atoms with Gasteiger partial charge >= 0.3 is 0 Å². The van der Waals surface area contributed by atoms with Crippen molar-refractivity contribution in [2.45, 2.75) is 50.8 Å². The molecule has 0 bridgehead atoms. The average molecular weight is 234 g/mol. The lowest BCUT2D eigenvalue weighted by molar-refractivity contribution is 0.724. The van der Waals surface area contributed by atoms with Gasteiger partial charge in [-0.3, -0.25) is 0 Å². The van der Waals surface area contributed by atoms with E-state index in [1.807, 2.05) is 11.8 Å². The van der Waals surface area contributed by atoms with Gasteiger partial charge in [0.1, 0.15) is 0 Å². The molecule has 0 spiro atoms. The summed E-state index contributed by atoms with van der Waals surface area (Å²) in [5.74, 6) is 0. The van der Waals surface area contributed by atoms with Crippen molar-refractivity contribution < 1.29 is 0 Å². The fraction of sp³-hybridized carbons (Fsp3) is 0.467. The Morgan fingerprint density at radius 1 is 1.12 bits per heavy atom. The summed E-state index contributed by atoms with van der Waals surface area (Å²) in [7, 11) is 0. The zero-order valence-electron chi connectivity index (χ0n) is 10.4. The molecule has 0 saturated heterocycles. The molecule has 16 heavy (non-hydrogen) atoms. The third-order valence-electron chi connectivity index (χ3n) is 2.45. The van der Waals surface area contributed by atoms with E-state index < -0.39 is 0 Å². The minimum Gasteiger partial charge on any atom is -0.0949 e. The summed E-state index contributed by atoms with van der Waals surface area (Å²) in [6.45, 7) is 4.47. The van der Waals surface area contributed by atoms with E-state index in [1.165, 1.54) is 35.5 Å². The van der Waals surface area contributed by atoms with Crippen molar-refractivity contribution in [3.63, 3.8) is 0 Å². The number of unbranched alkanes of at least 4 members (excludes halogenated alkanes) is 2. The maximum Gasteiger partial charge on any atom is 0.0118 e. The minimum atomic E-state index is 1.14. The number of thioether (sulfide) groups is 1. The Hall–Kier alpha value is -0.690. The molecule has 0 saturated carbocycles. The predicted octanol–water partition coefficient (Wildman–Crippen LogP) is 5.65. The highest BCUT2D eigenvalue weighted by atomic mass is 32.2. The molecule has 1 aromatic rings. The van der Waals surface area contributed by atoms with Crippen molar-refractivity contribution in [1.29, 1.82) is 0 Å². The Morgan fingerprint density at radius 3 is 2.50 bits per heavy atom. The first-order valence-electron chi connectivity index (χ1n) is 6.28. The summed E-state index contributed by atoms with van der Waals surface area (Å²) in [6.07, 6.45) is 8.71. The van der Waals surface area contributed by atoms with Crippen LogP contribution >= 0.6 is 11.8 Å². The minimum absolute atomic E-state index is 1.14. The number of benzene rings is 1. The van der Waals surface area contributed by atoms with Crippen LogP contribution in [0, 0.1) is 0 Å². The van der Waals surface area contributed by atoms with Crippen LogP contribution in [0.15, 0.2) is 46.2 Å². The van der Waals surface area contributed by atoms with Gasteiger partial charge in [-0.2, -0.15) is 0 Å². The number of rotatable bonds is 7. The van der Waals surface area contributed by atoms with E-state index in [0.717, 1.165) is 6.42 Å². The van der Waals surface area contributed by atoms with Gasteiger partial charge < -0.3 is 0 Å². The fourth-order valence-corrected chi connectivity index (χ4v) is 2.70. The zero-order chi connectivity index (χ0) is 11.6. The van der Waals surface area contributed by atoms with Crippen LogP contribution in [0.5, 0.6) is 0 Å². The van der Waals surface area contributed by atoms with Crippen LogP contribution in [-0.4, -0.2) is 0 Å². The van der Waals surface area contributed by atoms with E-state index in [0.29, 0.717) is 0 Å². The lowest BCUT2D eigenvalue weighted by Gasteiger charge is -2.06. The molecule has 0 amide bonds. The van der Waals surface area contributed by atoms with Crippen molar-refractivity contribution in [3.8, 4) is 0 Å². The molecule has 1 rings (SSSR count). The average Bonchev–Trinajstić information content (AvgIpc) is 2.31. The first kappa shape index (κ1) is 13.4. The molecule has 1 aromatic carbocycles. The maximum absolute atomic E-state index is 2.37. The highest BCUT2D eigenvalue weighted by molar-refractivity contribution is 8.03. The maximum atomic E-state index is 2.37. The van der Waals surface area contributed by atoms with Crippen LogP contribution in [0.3, 0.4) is 0 Å². The van der Waals surface area contributed by atoms with Gasteiger partial charge in [0.2, 0.25) is 0 Å². The molecule has 0 aliphatic rings. The van der Waals surface area contributed by atoms with Gasteiger partial charge in [-0.05, 0) is 36.3 Å². The predicted molar refractivity (Wildman–Crippen MR) is 74.8 cm³/mol. The molecule has 0 nitrogen and oxygen atoms in total. The summed E-state index contributed by atoms with van der Waals surface area (Å²) < 4.78 is 0. The van der Waals surface area contributed by atoms with E-state index in [-0.39, 0.29) is 0 Å². The van der Waals surface area contributed by atoms with Crippen molar-refractivity contribution >= 4 is 11.8 Å². The Bertz CT molecular complexity index is 300. The van der Waals surface area contributed by atoms with Gasteiger partial charge in [0.25, 0.3) is 0 Å². The molecule has 0 radical (unpaired) electrons. The van der Waals surface area contributed by atoms with Crippen LogP contribution in [0.25, 0.3) is 0 Å². The molecule has 0 heterocycles. The molecule has 0 aromatic heterocycles. The molecular formula is C15H22S. The Balaban J connectivity index is 2.48. The van der Waals surface area contributed by atoms with Crippen LogP contribution in [0.2, 0.25) is 0 Å². The Kier molecular flexibility index (Phi) is 7.07. The smallest absolute Gasteiger partial charge is 0.0118 e. The van der Waals surface area contributed by atoms with Crippen molar-refractivity contribution in [2.24, 2.45) is 0 Å². The van der Waals surface area contributed by atoms with Gasteiger partial charge in [-0.15, -0.1) is 0 Å². The highest BCUT2D eigenvalue weighted by Gasteiger charge is 1.99. The molecule has 0 aliphatic carbocycles. The van der Waals surface area contributed by atoms with Gasteiger partial charge in [0.15, 0.2) is 0 Å². The van der Waals surface area contributed by atoms with Crippen molar-refractivity contribution in [1.82, 2.24) is 0 Å². The molecule has 0 unspecified atom stereocenters. The molecule has 0 aliphatic heterocycles. The van der Waals surface area contributed by atoms with E-state index >= 15 is 0 Å². The van der Waals surface area contributed by atoms with Gasteiger partial charge in [-0.25, -0.2) is 0 Å². The van der Waals surface area contributed by atoms with Crippen LogP contribution in [-0.2, 0) is 0 Å². The van der Waals surface area contributed by atoms with Crippen molar-refractivity contribution in [3.05, 3.63) is 41.3 Å². The summed E-state index contributed by atoms with van der Waals surface area (Å²) >= 11 is 1.92. The highest BCUT2D eigenvalue weighted by Crippen LogP contribution is 2.30. The molecule has 1 heteroatoms. The quantitative estimate of drug-likeness (QED) is 0.434. The van der Waals surface area contributed by atoms with E-state index in [4.69, 9.17) is 0 Å². The molecule has 0 atom stereocenters. The Morgan fingerprint density at radius 2 is 1.88 bits per heavy atom. The summed E-state index contributed by atoms with van der Waals surface area (Å²) in [4.78, 5) is 2.89. The first-order chi connectivity index (χ1) is 7.86. The molecule has 88 valence electrons. The Labute approximate surface area is 104 Å². The summed E-state index contributed by atoms with van der Waals surface area (Å²) in [5, 5.41) is 0. The summed E-state index contributed by atoms with van der Waals surface area (Å²) in [5.41, 5.74) is 0. The van der Waals surface area contributed by atoms with Gasteiger partial charge in [0, 0.05) is 4.90 Å². The number of hydrogen-bond acceptors (Lipinski definition) is 1. The van der Waals surface area contributed by atoms with Gasteiger partial charge in [0.05, 0.1) is 0 Å². The second kappa shape index (κ2) is 8.46. The standard InChI is InChI=1S/C15H22S/c1-3-5-7-11-14(10-4-2)16-15-12-8-6-9-13-15/h6,8-10,12-13H,3-5,7,11H2,1-2H3/b14-10-. The fourth-order valence-electron chi connectivity index (χ4n) is 1.61. The second-order valence-corrected chi connectivity index (χ2v) is 5.15. The summed E-state index contributed by atoms with van der Waals surface area (Å²) in [6, 6.07) is 10.7. The third-order valence-corrected chi connectivity index (χ3v) is 3.59. The van der Waals surface area contributed by atoms with E-state index in [9.17, 15) is 0 Å². The molecular weight excluding hydrogens is 212 g/mol. The van der Waals surface area contributed by atoms with Crippen LogP contribution < -0.4 is 0 Å². The second-order valence-electron chi connectivity index (χ2n) is 3.95.